The fourth-order valence-electron chi connectivity index (χ4n) is 3.73. The van der Waals surface area contributed by atoms with Crippen LogP contribution in [0.15, 0.2) is 62.9 Å². The van der Waals surface area contributed by atoms with E-state index in [1.165, 1.54) is 11.8 Å². The molecule has 33 heavy (non-hydrogen) atoms. The first-order valence-electron chi connectivity index (χ1n) is 10.4. The predicted octanol–water partition coefficient (Wildman–Crippen LogP) is 7.14. The van der Waals surface area contributed by atoms with Crippen molar-refractivity contribution in [3.05, 3.63) is 79.9 Å². The van der Waals surface area contributed by atoms with Crippen molar-refractivity contribution in [2.24, 2.45) is 4.99 Å². The number of carbonyl (C=O) groups is 1. The summed E-state index contributed by atoms with van der Waals surface area (Å²) in [4.78, 5) is 20.2. The van der Waals surface area contributed by atoms with Gasteiger partial charge in [0, 0.05) is 28.1 Å². The van der Waals surface area contributed by atoms with Crippen LogP contribution in [0.5, 0.6) is 5.75 Å². The molecule has 1 aliphatic heterocycles. The second-order valence-electron chi connectivity index (χ2n) is 7.51. The van der Waals surface area contributed by atoms with Crippen LogP contribution in [-0.4, -0.2) is 34.2 Å². The predicted molar refractivity (Wildman–Crippen MR) is 141 cm³/mol. The Balaban J connectivity index is 1.68. The molecule has 0 bridgehead atoms. The van der Waals surface area contributed by atoms with Crippen LogP contribution in [0.2, 0.25) is 5.02 Å². The molecule has 1 fully saturated rings. The highest BCUT2D eigenvalue weighted by atomic mass is 79.9. The molecule has 1 aromatic heterocycles. The fourth-order valence-corrected chi connectivity index (χ4v) is 5.21. The van der Waals surface area contributed by atoms with Gasteiger partial charge in [-0.15, -0.1) is 0 Å². The van der Waals surface area contributed by atoms with E-state index in [-0.39, 0.29) is 5.91 Å². The number of hydrogen-bond acceptors (Lipinski definition) is 4. The van der Waals surface area contributed by atoms with Crippen molar-refractivity contribution in [2.75, 3.05) is 13.7 Å². The Bertz CT molecular complexity index is 1280. The number of rotatable bonds is 5. The van der Waals surface area contributed by atoms with E-state index in [1.54, 1.807) is 12.0 Å². The highest BCUT2D eigenvalue weighted by Crippen LogP contribution is 2.36. The molecule has 1 saturated heterocycles. The zero-order valence-electron chi connectivity index (χ0n) is 18.7. The van der Waals surface area contributed by atoms with Crippen molar-refractivity contribution in [2.45, 2.75) is 20.8 Å². The number of methoxy groups -OCH3 is 1. The van der Waals surface area contributed by atoms with Crippen molar-refractivity contribution in [1.29, 1.82) is 0 Å². The lowest BCUT2D eigenvalue weighted by atomic mass is 10.2. The third-order valence-corrected chi connectivity index (χ3v) is 7.66. The molecular weight excluding hydrogens is 522 g/mol. The minimum absolute atomic E-state index is 0.0359. The van der Waals surface area contributed by atoms with Gasteiger partial charge in [0.25, 0.3) is 5.91 Å². The van der Waals surface area contributed by atoms with Gasteiger partial charge in [-0.25, -0.2) is 4.99 Å². The van der Waals surface area contributed by atoms with E-state index in [1.807, 2.05) is 69.3 Å². The second-order valence-corrected chi connectivity index (χ2v) is 9.78. The number of likely N-dealkylation sites (N-methyl/N-ethyl adjacent to an activating group) is 1. The molecule has 0 unspecified atom stereocenters. The zero-order valence-corrected chi connectivity index (χ0v) is 21.9. The van der Waals surface area contributed by atoms with Gasteiger partial charge < -0.3 is 9.30 Å². The van der Waals surface area contributed by atoms with E-state index >= 15 is 0 Å². The lowest BCUT2D eigenvalue weighted by molar-refractivity contribution is -0.122. The molecule has 0 saturated carbocycles. The highest BCUT2D eigenvalue weighted by Gasteiger charge is 2.32. The lowest BCUT2D eigenvalue weighted by Gasteiger charge is -2.12. The van der Waals surface area contributed by atoms with Gasteiger partial charge in [-0.1, -0.05) is 11.6 Å². The summed E-state index contributed by atoms with van der Waals surface area (Å²) < 4.78 is 8.20. The summed E-state index contributed by atoms with van der Waals surface area (Å²) in [5.41, 5.74) is 4.84. The quantitative estimate of drug-likeness (QED) is 0.321. The minimum atomic E-state index is -0.0359. The summed E-state index contributed by atoms with van der Waals surface area (Å²) >= 11 is 11.2. The smallest absolute Gasteiger partial charge is 0.266 e. The van der Waals surface area contributed by atoms with Gasteiger partial charge in [-0.05, 0) is 109 Å². The van der Waals surface area contributed by atoms with E-state index in [2.05, 4.69) is 26.6 Å². The number of nitrogens with zero attached hydrogens (tertiary/aromatic N) is 3. The number of benzene rings is 2. The Hall–Kier alpha value is -2.48. The normalized spacial score (nSPS) is 16.3. The van der Waals surface area contributed by atoms with E-state index in [0.29, 0.717) is 21.6 Å². The maximum absolute atomic E-state index is 13.1. The van der Waals surface area contributed by atoms with Crippen LogP contribution >= 0.6 is 39.3 Å². The molecule has 4 rings (SSSR count). The Kier molecular flexibility index (Phi) is 7.02. The molecule has 2 aromatic carbocycles. The standard InChI is InChI=1S/C25H23BrClN3O2S/c1-5-29-24(31)23(33-25(29)28-18-6-9-20(32-4)10-7-18)13-17-12-15(2)30(16(17)3)19-8-11-21(26)22(27)14-19/h6-14H,5H2,1-4H3/b23-13+,28-25?. The number of aliphatic imine (C=N–C) groups is 1. The van der Waals surface area contributed by atoms with E-state index in [9.17, 15) is 4.79 Å². The maximum Gasteiger partial charge on any atom is 0.266 e. The average molecular weight is 545 g/mol. The lowest BCUT2D eigenvalue weighted by Crippen LogP contribution is -2.28. The second kappa shape index (κ2) is 9.79. The molecule has 0 spiro atoms. The van der Waals surface area contributed by atoms with E-state index in [4.69, 9.17) is 21.3 Å². The molecule has 0 radical (unpaired) electrons. The van der Waals surface area contributed by atoms with Crippen molar-refractivity contribution >= 4 is 62.1 Å². The van der Waals surface area contributed by atoms with Crippen LogP contribution < -0.4 is 4.74 Å². The van der Waals surface area contributed by atoms with Gasteiger partial charge in [-0.2, -0.15) is 0 Å². The van der Waals surface area contributed by atoms with E-state index < -0.39 is 0 Å². The first-order valence-corrected chi connectivity index (χ1v) is 12.4. The Labute approximate surface area is 211 Å². The summed E-state index contributed by atoms with van der Waals surface area (Å²) in [6.45, 7) is 6.59. The molecular formula is C25H23BrClN3O2S. The highest BCUT2D eigenvalue weighted by molar-refractivity contribution is 9.10. The largest absolute Gasteiger partial charge is 0.497 e. The number of aryl methyl sites for hydroxylation is 1. The molecule has 5 nitrogen and oxygen atoms in total. The summed E-state index contributed by atoms with van der Waals surface area (Å²) in [6.07, 6.45) is 1.95. The topological polar surface area (TPSA) is 46.8 Å². The molecule has 0 N–H and O–H groups in total. The first-order chi connectivity index (χ1) is 15.8. The summed E-state index contributed by atoms with van der Waals surface area (Å²) in [6, 6.07) is 15.4. The third-order valence-electron chi connectivity index (χ3n) is 5.42. The van der Waals surface area contributed by atoms with Crippen LogP contribution in [0.25, 0.3) is 11.8 Å². The fraction of sp³-hybridized carbons (Fsp3) is 0.200. The van der Waals surface area contributed by atoms with E-state index in [0.717, 1.165) is 38.5 Å². The first kappa shape index (κ1) is 23.7. The number of ether oxygens (including phenoxy) is 1. The number of amidine groups is 1. The Morgan fingerprint density at radius 3 is 2.52 bits per heavy atom. The van der Waals surface area contributed by atoms with Crippen molar-refractivity contribution in [3.8, 4) is 11.4 Å². The van der Waals surface area contributed by atoms with Gasteiger partial charge in [-0.3, -0.25) is 9.69 Å². The number of hydrogen-bond donors (Lipinski definition) is 0. The van der Waals surface area contributed by atoms with Crippen molar-refractivity contribution < 1.29 is 9.53 Å². The van der Waals surface area contributed by atoms with Crippen LogP contribution in [0.1, 0.15) is 23.9 Å². The van der Waals surface area contributed by atoms with Crippen LogP contribution in [0.4, 0.5) is 5.69 Å². The minimum Gasteiger partial charge on any atom is -0.497 e. The van der Waals surface area contributed by atoms with Crippen molar-refractivity contribution in [3.63, 3.8) is 0 Å². The zero-order chi connectivity index (χ0) is 23.7. The Morgan fingerprint density at radius 1 is 1.15 bits per heavy atom. The monoisotopic (exact) mass is 543 g/mol. The SMILES string of the molecule is CCN1C(=O)/C(=C\c2cc(C)n(-c3ccc(Br)c(Cl)c3)c2C)SC1=Nc1ccc(OC)cc1. The molecule has 1 aliphatic rings. The number of carbonyl (C=O) groups excluding carboxylic acids is 1. The van der Waals surface area contributed by atoms with Crippen LogP contribution in [-0.2, 0) is 4.79 Å². The summed E-state index contributed by atoms with van der Waals surface area (Å²) in [5, 5.41) is 1.33. The van der Waals surface area contributed by atoms with Gasteiger partial charge >= 0.3 is 0 Å². The average Bonchev–Trinajstić information content (AvgIpc) is 3.25. The molecule has 3 aromatic rings. The molecule has 0 aliphatic carbocycles. The summed E-state index contributed by atoms with van der Waals surface area (Å²) in [7, 11) is 1.63. The number of halogens is 2. The van der Waals surface area contributed by atoms with Crippen LogP contribution in [0, 0.1) is 13.8 Å². The maximum atomic E-state index is 13.1. The van der Waals surface area contributed by atoms with Gasteiger partial charge in [0.05, 0.1) is 22.7 Å². The third kappa shape index (κ3) is 4.76. The van der Waals surface area contributed by atoms with Crippen molar-refractivity contribution in [1.82, 2.24) is 9.47 Å². The van der Waals surface area contributed by atoms with Gasteiger partial charge in [0.1, 0.15) is 5.75 Å². The van der Waals surface area contributed by atoms with Gasteiger partial charge in [0.2, 0.25) is 0 Å². The Morgan fingerprint density at radius 2 is 1.88 bits per heavy atom. The molecule has 170 valence electrons. The molecule has 2 heterocycles. The summed E-state index contributed by atoms with van der Waals surface area (Å²) in [5.74, 6) is 0.732. The number of thioether (sulfide) groups is 1. The van der Waals surface area contributed by atoms with Crippen LogP contribution in [0.3, 0.4) is 0 Å². The molecule has 1 amide bonds. The van der Waals surface area contributed by atoms with Gasteiger partial charge in [0.15, 0.2) is 5.17 Å². The number of amides is 1. The number of aromatic nitrogens is 1. The molecule has 0 atom stereocenters. The molecule has 8 heteroatoms.